The van der Waals surface area contributed by atoms with Crippen LogP contribution in [0.25, 0.3) is 0 Å². The molecule has 0 aromatic heterocycles. The Morgan fingerprint density at radius 1 is 0.538 bits per heavy atom. The Hall–Kier alpha value is -2.23. The highest BCUT2D eigenvalue weighted by molar-refractivity contribution is 5.86. The van der Waals surface area contributed by atoms with Crippen molar-refractivity contribution in [3.8, 4) is 0 Å². The van der Waals surface area contributed by atoms with Crippen molar-refractivity contribution in [2.75, 3.05) is 13.2 Å². The Bertz CT molecular complexity index is 937. The molecular formula is C16H10F20O3. The van der Waals surface area contributed by atoms with Crippen LogP contribution in [0.3, 0.4) is 0 Å². The number of hydrogen-bond donors (Lipinski definition) is 1. The summed E-state index contributed by atoms with van der Waals surface area (Å²) in [5.74, 6) is -86.0. The van der Waals surface area contributed by atoms with Crippen LogP contribution < -0.4 is 0 Å². The summed E-state index contributed by atoms with van der Waals surface area (Å²) >= 11 is 0. The van der Waals surface area contributed by atoms with E-state index in [-0.39, 0.29) is 0 Å². The van der Waals surface area contributed by atoms with Gasteiger partial charge in [-0.2, -0.15) is 87.8 Å². The maximum atomic E-state index is 13.7. The van der Waals surface area contributed by atoms with Crippen LogP contribution in [0.2, 0.25) is 0 Å². The second-order valence-electron chi connectivity index (χ2n) is 7.52. The highest BCUT2D eigenvalue weighted by Gasteiger charge is 2.97. The van der Waals surface area contributed by atoms with Crippen LogP contribution in [0, 0.1) is 0 Å². The zero-order chi connectivity index (χ0) is 32.3. The first-order chi connectivity index (χ1) is 16.6. The number of aliphatic hydroxyl groups is 1. The number of ether oxygens (including phenoxy) is 1. The van der Waals surface area contributed by atoms with Crippen molar-refractivity contribution < 1.29 is 102 Å². The molecule has 0 rings (SSSR count). The first-order valence-corrected chi connectivity index (χ1v) is 8.85. The molecule has 0 amide bonds. The lowest BCUT2D eigenvalue weighted by Gasteiger charge is -2.45. The quantitative estimate of drug-likeness (QED) is 0.145. The Morgan fingerprint density at radius 2 is 0.769 bits per heavy atom. The second-order valence-corrected chi connectivity index (χ2v) is 7.52. The van der Waals surface area contributed by atoms with Crippen LogP contribution in [-0.2, 0) is 9.53 Å². The average molecular weight is 630 g/mol. The van der Waals surface area contributed by atoms with Gasteiger partial charge >= 0.3 is 65.2 Å². The van der Waals surface area contributed by atoms with E-state index in [0.29, 0.717) is 6.92 Å². The van der Waals surface area contributed by atoms with Gasteiger partial charge in [0, 0.05) is 5.57 Å². The maximum Gasteiger partial charge on any atom is 0.385 e. The predicted octanol–water partition coefficient (Wildman–Crippen LogP) is 6.45. The molecule has 1 N–H and O–H groups in total. The zero-order valence-corrected chi connectivity index (χ0v) is 17.9. The largest absolute Gasteiger partial charge is 0.456 e. The van der Waals surface area contributed by atoms with E-state index < -0.39 is 84.0 Å². The van der Waals surface area contributed by atoms with Crippen molar-refractivity contribution >= 4 is 5.97 Å². The van der Waals surface area contributed by atoms with Gasteiger partial charge in [0.25, 0.3) is 0 Å². The summed E-state index contributed by atoms with van der Waals surface area (Å²) < 4.78 is 272. The molecule has 0 radical (unpaired) electrons. The van der Waals surface area contributed by atoms with Crippen LogP contribution in [0.1, 0.15) is 6.92 Å². The first kappa shape index (κ1) is 36.8. The monoisotopic (exact) mass is 630 g/mol. The molecule has 0 saturated heterocycles. The third-order valence-electron chi connectivity index (χ3n) is 4.61. The molecule has 0 saturated carbocycles. The van der Waals surface area contributed by atoms with E-state index in [1.165, 1.54) is 0 Å². The van der Waals surface area contributed by atoms with Crippen molar-refractivity contribution in [2.24, 2.45) is 0 Å². The molecule has 23 heteroatoms. The number of rotatable bonds is 13. The molecule has 0 aliphatic heterocycles. The molecule has 0 aromatic rings. The van der Waals surface area contributed by atoms with Gasteiger partial charge in [-0.3, -0.25) is 0 Å². The standard InChI is InChI=1S/C16H10F20O3/c1-5(2)6(38)39-4-8(19,20)10(23,24)12(27,28)14(31,32)16(35,36)15(33,34)13(29,30)11(25,26)9(21,22)7(17,18)3-37/h37H,1,3-4H2,2H3. The minimum absolute atomic E-state index is 0.583. The highest BCUT2D eigenvalue weighted by atomic mass is 19.4. The number of esters is 1. The van der Waals surface area contributed by atoms with Gasteiger partial charge in [0.1, 0.15) is 6.61 Å². The van der Waals surface area contributed by atoms with Gasteiger partial charge in [0.2, 0.25) is 0 Å². The summed E-state index contributed by atoms with van der Waals surface area (Å²) in [5, 5.41) is 7.88. The zero-order valence-electron chi connectivity index (χ0n) is 17.9. The van der Waals surface area contributed by atoms with Gasteiger partial charge < -0.3 is 9.84 Å². The van der Waals surface area contributed by atoms with Gasteiger partial charge in [0.05, 0.1) is 0 Å². The molecule has 0 spiro atoms. The van der Waals surface area contributed by atoms with E-state index in [4.69, 9.17) is 5.11 Å². The van der Waals surface area contributed by atoms with Crippen molar-refractivity contribution in [1.82, 2.24) is 0 Å². The number of halogens is 20. The summed E-state index contributed by atoms with van der Waals surface area (Å²) in [6, 6.07) is 0. The summed E-state index contributed by atoms with van der Waals surface area (Å²) in [6.07, 6.45) is 0. The maximum absolute atomic E-state index is 13.7. The number of carbonyl (C=O) groups excluding carboxylic acids is 1. The summed E-state index contributed by atoms with van der Waals surface area (Å²) in [6.45, 7) is -3.84. The van der Waals surface area contributed by atoms with E-state index in [9.17, 15) is 92.6 Å². The molecule has 0 heterocycles. The molecule has 0 aromatic carbocycles. The van der Waals surface area contributed by atoms with Gasteiger partial charge in [-0.05, 0) is 6.92 Å². The van der Waals surface area contributed by atoms with Crippen LogP contribution in [-0.4, -0.2) is 83.5 Å². The highest BCUT2D eigenvalue weighted by Crippen LogP contribution is 2.66. The fourth-order valence-electron chi connectivity index (χ4n) is 2.11. The molecular weight excluding hydrogens is 620 g/mol. The Morgan fingerprint density at radius 3 is 1.00 bits per heavy atom. The van der Waals surface area contributed by atoms with E-state index in [0.717, 1.165) is 0 Å². The van der Waals surface area contributed by atoms with Crippen LogP contribution in [0.4, 0.5) is 87.8 Å². The van der Waals surface area contributed by atoms with Crippen LogP contribution in [0.5, 0.6) is 0 Å². The number of alkyl halides is 20. The molecule has 39 heavy (non-hydrogen) atoms. The van der Waals surface area contributed by atoms with E-state index in [1.807, 2.05) is 0 Å². The molecule has 0 fully saturated rings. The summed E-state index contributed by atoms with van der Waals surface area (Å²) in [4.78, 5) is 10.9. The Labute approximate surface area is 201 Å². The lowest BCUT2D eigenvalue weighted by molar-refractivity contribution is -0.469. The molecule has 0 bridgehead atoms. The third-order valence-corrected chi connectivity index (χ3v) is 4.61. The van der Waals surface area contributed by atoms with Crippen LogP contribution >= 0.6 is 0 Å². The topological polar surface area (TPSA) is 46.5 Å². The van der Waals surface area contributed by atoms with Crippen molar-refractivity contribution in [1.29, 1.82) is 0 Å². The van der Waals surface area contributed by atoms with Gasteiger partial charge in [-0.25, -0.2) is 4.79 Å². The molecule has 0 unspecified atom stereocenters. The third kappa shape index (κ3) is 4.84. The molecule has 0 aliphatic rings. The van der Waals surface area contributed by atoms with E-state index in [2.05, 4.69) is 11.3 Å². The van der Waals surface area contributed by atoms with Crippen molar-refractivity contribution in [2.45, 2.75) is 66.1 Å². The van der Waals surface area contributed by atoms with Gasteiger partial charge in [-0.15, -0.1) is 0 Å². The molecule has 232 valence electrons. The first-order valence-electron chi connectivity index (χ1n) is 8.85. The second kappa shape index (κ2) is 9.70. The van der Waals surface area contributed by atoms with E-state index in [1.54, 1.807) is 0 Å². The summed E-state index contributed by atoms with van der Waals surface area (Å²) in [7, 11) is 0. The van der Waals surface area contributed by atoms with Gasteiger partial charge in [-0.1, -0.05) is 6.58 Å². The van der Waals surface area contributed by atoms with Crippen LogP contribution in [0.15, 0.2) is 12.2 Å². The smallest absolute Gasteiger partial charge is 0.385 e. The normalized spacial score (nSPS) is 15.8. The minimum Gasteiger partial charge on any atom is -0.456 e. The molecule has 0 aliphatic carbocycles. The summed E-state index contributed by atoms with van der Waals surface area (Å²) in [5.41, 5.74) is -0.968. The predicted molar refractivity (Wildman–Crippen MR) is 82.3 cm³/mol. The number of carbonyl (C=O) groups is 1. The Balaban J connectivity index is 6.96. The lowest BCUT2D eigenvalue weighted by Crippen LogP contribution is -2.77. The molecule has 0 atom stereocenters. The fraction of sp³-hybridized carbons (Fsp3) is 0.812. The number of aliphatic hydroxyl groups excluding tert-OH is 1. The average Bonchev–Trinajstić information content (AvgIpc) is 2.75. The minimum atomic E-state index is -9.16. The Kier molecular flexibility index (Phi) is 9.15. The number of hydrogen-bond acceptors (Lipinski definition) is 3. The van der Waals surface area contributed by atoms with Crippen molar-refractivity contribution in [3.05, 3.63) is 12.2 Å². The van der Waals surface area contributed by atoms with Crippen molar-refractivity contribution in [3.63, 3.8) is 0 Å². The lowest BCUT2D eigenvalue weighted by atomic mass is 9.85. The molecule has 3 nitrogen and oxygen atoms in total. The van der Waals surface area contributed by atoms with E-state index >= 15 is 0 Å². The fourth-order valence-corrected chi connectivity index (χ4v) is 2.11. The van der Waals surface area contributed by atoms with Gasteiger partial charge in [0.15, 0.2) is 6.61 Å². The SMILES string of the molecule is C=C(C)C(=O)OCC(F)(F)C(F)(F)C(F)(F)C(F)(F)C(F)(F)C(F)(F)C(F)(F)C(F)(F)C(F)(F)C(F)(F)CO.